The number of nitrogens with zero attached hydrogens (tertiary/aromatic N) is 2. The second kappa shape index (κ2) is 12.3. The van der Waals surface area contributed by atoms with Gasteiger partial charge in [0, 0.05) is 45.3 Å². The van der Waals surface area contributed by atoms with Crippen LogP contribution in [0.4, 0.5) is 0 Å². The third-order valence-corrected chi connectivity index (χ3v) is 6.74. The van der Waals surface area contributed by atoms with E-state index in [2.05, 4.69) is 5.32 Å². The number of ether oxygens (including phenoxy) is 3. The SMILES string of the molecule is CN(C)C(=O)C=Cc1cccc(C(=O)OC2CC(C(=O)N3CCCC3C(=O)NCCO)=CC3OCOC32)c1. The molecule has 4 atom stereocenters. The highest BCUT2D eigenvalue weighted by Crippen LogP contribution is 2.33. The smallest absolute Gasteiger partial charge is 0.338 e. The molecule has 3 amide bonds. The van der Waals surface area contributed by atoms with E-state index in [1.165, 1.54) is 15.9 Å². The van der Waals surface area contributed by atoms with Gasteiger partial charge >= 0.3 is 5.97 Å². The van der Waals surface area contributed by atoms with Gasteiger partial charge in [0.05, 0.1) is 12.2 Å². The fraction of sp³-hybridized carbons (Fsp3) is 0.481. The van der Waals surface area contributed by atoms with E-state index in [1.54, 1.807) is 50.5 Å². The molecule has 3 aliphatic rings. The van der Waals surface area contributed by atoms with Crippen molar-refractivity contribution in [1.82, 2.24) is 15.1 Å². The van der Waals surface area contributed by atoms with Crippen LogP contribution in [-0.4, -0.2) is 104 Å². The molecule has 4 rings (SSSR count). The molecule has 2 heterocycles. The Morgan fingerprint density at radius 1 is 1.24 bits per heavy atom. The first-order valence-corrected chi connectivity index (χ1v) is 12.6. The average Bonchev–Trinajstić information content (AvgIpc) is 3.60. The lowest BCUT2D eigenvalue weighted by Gasteiger charge is -2.32. The van der Waals surface area contributed by atoms with Crippen LogP contribution in [-0.2, 0) is 28.6 Å². The monoisotopic (exact) mass is 527 g/mol. The molecule has 11 nitrogen and oxygen atoms in total. The Hall–Kier alpha value is -3.54. The highest BCUT2D eigenvalue weighted by molar-refractivity contribution is 5.98. The molecule has 11 heteroatoms. The van der Waals surface area contributed by atoms with E-state index in [-0.39, 0.29) is 44.1 Å². The van der Waals surface area contributed by atoms with Crippen LogP contribution in [0, 0.1) is 0 Å². The molecule has 1 aromatic carbocycles. The van der Waals surface area contributed by atoms with Crippen LogP contribution in [0.15, 0.2) is 42.0 Å². The van der Waals surface area contributed by atoms with E-state index in [4.69, 9.17) is 19.3 Å². The standard InChI is InChI=1S/C27H33N3O8/c1-29(2)23(32)9-8-17-5-3-6-18(13-17)27(35)38-22-15-19(14-21-24(22)37-16-36-21)26(34)30-11-4-7-20(30)25(33)28-10-12-31/h3,5-6,8-9,13-14,20-22,24,31H,4,7,10-12,15-16H2,1-2H3,(H,28,33). The molecule has 1 aromatic rings. The van der Waals surface area contributed by atoms with E-state index in [9.17, 15) is 19.2 Å². The number of amides is 3. The first-order chi connectivity index (χ1) is 18.3. The molecule has 0 saturated carbocycles. The van der Waals surface area contributed by atoms with Gasteiger partial charge < -0.3 is 34.4 Å². The number of hydrogen-bond donors (Lipinski definition) is 2. The zero-order valence-electron chi connectivity index (χ0n) is 21.5. The Bertz CT molecular complexity index is 1130. The van der Waals surface area contributed by atoms with Gasteiger partial charge in [-0.15, -0.1) is 0 Å². The van der Waals surface area contributed by atoms with Crippen molar-refractivity contribution in [2.24, 2.45) is 0 Å². The summed E-state index contributed by atoms with van der Waals surface area (Å²) >= 11 is 0. The summed E-state index contributed by atoms with van der Waals surface area (Å²) < 4.78 is 17.1. The largest absolute Gasteiger partial charge is 0.456 e. The van der Waals surface area contributed by atoms with Crippen molar-refractivity contribution in [3.8, 4) is 0 Å². The molecule has 4 unspecified atom stereocenters. The Kier molecular flexibility index (Phi) is 8.93. The summed E-state index contributed by atoms with van der Waals surface area (Å²) in [5.41, 5.74) is 1.35. The van der Waals surface area contributed by atoms with Crippen LogP contribution in [0.2, 0.25) is 0 Å². The number of likely N-dealkylation sites (N-methyl/N-ethyl adjacent to an activating group) is 1. The summed E-state index contributed by atoms with van der Waals surface area (Å²) in [6, 6.07) is 6.07. The van der Waals surface area contributed by atoms with E-state index in [1.807, 2.05) is 0 Å². The minimum atomic E-state index is -0.766. The summed E-state index contributed by atoms with van der Waals surface area (Å²) in [5, 5.41) is 11.6. The van der Waals surface area contributed by atoms with E-state index < -0.39 is 30.3 Å². The third-order valence-electron chi connectivity index (χ3n) is 6.74. The summed E-state index contributed by atoms with van der Waals surface area (Å²) in [6.07, 6.45) is 4.18. The van der Waals surface area contributed by atoms with Gasteiger partial charge in [0.2, 0.25) is 17.7 Å². The lowest BCUT2D eigenvalue weighted by molar-refractivity contribution is -0.136. The molecule has 204 valence electrons. The van der Waals surface area contributed by atoms with Crippen LogP contribution in [0.1, 0.15) is 35.2 Å². The number of fused-ring (bicyclic) bond motifs is 1. The van der Waals surface area contributed by atoms with Gasteiger partial charge in [-0.2, -0.15) is 0 Å². The molecule has 0 radical (unpaired) electrons. The molecular formula is C27H33N3O8. The Morgan fingerprint density at radius 2 is 2.05 bits per heavy atom. The minimum absolute atomic E-state index is 0.0114. The number of benzene rings is 1. The van der Waals surface area contributed by atoms with E-state index in [0.717, 1.165) is 0 Å². The summed E-state index contributed by atoms with van der Waals surface area (Å²) in [5.74, 6) is -1.38. The molecule has 2 fully saturated rings. The zero-order valence-corrected chi connectivity index (χ0v) is 21.5. The highest BCUT2D eigenvalue weighted by Gasteiger charge is 2.44. The molecule has 2 N–H and O–H groups in total. The highest BCUT2D eigenvalue weighted by atomic mass is 16.7. The number of rotatable bonds is 8. The van der Waals surface area contributed by atoms with Crippen LogP contribution in [0.5, 0.6) is 0 Å². The summed E-state index contributed by atoms with van der Waals surface area (Å²) in [7, 11) is 3.30. The van der Waals surface area contributed by atoms with Gasteiger partial charge in [-0.3, -0.25) is 14.4 Å². The van der Waals surface area contributed by atoms with E-state index >= 15 is 0 Å². The normalized spacial score (nSPS) is 24.6. The maximum absolute atomic E-state index is 13.5. The first kappa shape index (κ1) is 27.5. The second-order valence-electron chi connectivity index (χ2n) is 9.58. The van der Waals surface area contributed by atoms with Gasteiger partial charge in [0.25, 0.3) is 0 Å². The molecule has 0 bridgehead atoms. The fourth-order valence-electron chi connectivity index (χ4n) is 4.77. The lowest BCUT2D eigenvalue weighted by atomic mass is 9.91. The lowest BCUT2D eigenvalue weighted by Crippen LogP contribution is -2.49. The Morgan fingerprint density at radius 3 is 2.82 bits per heavy atom. The number of carbonyl (C=O) groups is 4. The topological polar surface area (TPSA) is 135 Å². The molecule has 0 aromatic heterocycles. The number of likely N-dealkylation sites (tertiary alicyclic amines) is 1. The van der Waals surface area contributed by atoms with Crippen LogP contribution < -0.4 is 5.32 Å². The number of aliphatic hydroxyl groups excluding tert-OH is 1. The number of nitrogens with one attached hydrogen (secondary N) is 1. The van der Waals surface area contributed by atoms with Crippen molar-refractivity contribution in [1.29, 1.82) is 0 Å². The minimum Gasteiger partial charge on any atom is -0.456 e. The molecule has 1 aliphatic carbocycles. The Balaban J connectivity index is 1.46. The maximum Gasteiger partial charge on any atom is 0.338 e. The van der Waals surface area contributed by atoms with Gasteiger partial charge in [-0.1, -0.05) is 12.1 Å². The first-order valence-electron chi connectivity index (χ1n) is 12.6. The van der Waals surface area contributed by atoms with Crippen LogP contribution in [0.3, 0.4) is 0 Å². The Labute approximate surface area is 221 Å². The quantitative estimate of drug-likeness (QED) is 0.368. The number of carbonyl (C=O) groups excluding carboxylic acids is 4. The predicted octanol–water partition coefficient (Wildman–Crippen LogP) is 0.485. The maximum atomic E-state index is 13.5. The van der Waals surface area contributed by atoms with Crippen LogP contribution >= 0.6 is 0 Å². The zero-order chi connectivity index (χ0) is 27.2. The van der Waals surface area contributed by atoms with Crippen molar-refractivity contribution in [2.45, 2.75) is 43.6 Å². The van der Waals surface area contributed by atoms with Crippen molar-refractivity contribution in [2.75, 3.05) is 40.6 Å². The molecule has 38 heavy (non-hydrogen) atoms. The molecule has 0 spiro atoms. The van der Waals surface area contributed by atoms with Crippen molar-refractivity contribution in [3.05, 3.63) is 53.1 Å². The van der Waals surface area contributed by atoms with Gasteiger partial charge in [-0.25, -0.2) is 4.79 Å². The van der Waals surface area contributed by atoms with Crippen molar-refractivity contribution < 1.29 is 38.5 Å². The summed E-state index contributed by atoms with van der Waals surface area (Å²) in [6.45, 7) is 0.381. The predicted molar refractivity (Wildman–Crippen MR) is 136 cm³/mol. The fourth-order valence-corrected chi connectivity index (χ4v) is 4.77. The molecule has 2 aliphatic heterocycles. The second-order valence-corrected chi connectivity index (χ2v) is 9.58. The van der Waals surface area contributed by atoms with Gasteiger partial charge in [0.1, 0.15) is 31.1 Å². The van der Waals surface area contributed by atoms with E-state index in [0.29, 0.717) is 36.1 Å². The molecule has 2 saturated heterocycles. The van der Waals surface area contributed by atoms with Gasteiger partial charge in [0.15, 0.2) is 0 Å². The van der Waals surface area contributed by atoms with Crippen molar-refractivity contribution in [3.63, 3.8) is 0 Å². The van der Waals surface area contributed by atoms with Gasteiger partial charge in [-0.05, 0) is 42.7 Å². The number of aliphatic hydroxyl groups is 1. The van der Waals surface area contributed by atoms with Crippen LogP contribution in [0.25, 0.3) is 6.08 Å². The molecular weight excluding hydrogens is 494 g/mol. The average molecular weight is 528 g/mol. The summed E-state index contributed by atoms with van der Waals surface area (Å²) in [4.78, 5) is 53.8. The van der Waals surface area contributed by atoms with Crippen molar-refractivity contribution >= 4 is 29.8 Å². The third kappa shape index (κ3) is 6.29. The number of esters is 1. The number of hydrogen-bond acceptors (Lipinski definition) is 8.